The average Bonchev–Trinajstić information content (AvgIpc) is 2.77. The molecule has 1 amide bonds. The molecule has 1 aliphatic rings. The quantitative estimate of drug-likeness (QED) is 0.697. The fraction of sp³-hybridized carbons (Fsp3) is 0.318. The molecule has 0 aliphatic carbocycles. The molecule has 6 nitrogen and oxygen atoms in total. The van der Waals surface area contributed by atoms with E-state index >= 15 is 0 Å². The molecule has 0 bridgehead atoms. The lowest BCUT2D eigenvalue weighted by Crippen LogP contribution is -2.48. The SMILES string of the molecule is C=CCOc1ccc(C(=O)N2CCNCC2c2ccccc2OC)cc1OC.Cl. The van der Waals surface area contributed by atoms with Gasteiger partial charge in [-0.15, -0.1) is 12.4 Å². The monoisotopic (exact) mass is 418 g/mol. The first-order valence-electron chi connectivity index (χ1n) is 9.26. The van der Waals surface area contributed by atoms with Gasteiger partial charge in [-0.25, -0.2) is 0 Å². The molecule has 0 saturated carbocycles. The Hall–Kier alpha value is -2.70. The first-order valence-corrected chi connectivity index (χ1v) is 9.26. The Balaban J connectivity index is 0.00000300. The van der Waals surface area contributed by atoms with Crippen LogP contribution in [0.15, 0.2) is 55.1 Å². The molecule has 7 heteroatoms. The maximum Gasteiger partial charge on any atom is 0.254 e. The molecular formula is C22H27ClN2O4. The van der Waals surface area contributed by atoms with Crippen LogP contribution in [0.1, 0.15) is 22.0 Å². The lowest BCUT2D eigenvalue weighted by atomic mass is 10.0. The van der Waals surface area contributed by atoms with E-state index in [1.165, 1.54) is 0 Å². The van der Waals surface area contributed by atoms with E-state index in [9.17, 15) is 4.79 Å². The van der Waals surface area contributed by atoms with Gasteiger partial charge in [-0.05, 0) is 24.3 Å². The van der Waals surface area contributed by atoms with Crippen LogP contribution >= 0.6 is 12.4 Å². The van der Waals surface area contributed by atoms with E-state index in [1.807, 2.05) is 29.2 Å². The van der Waals surface area contributed by atoms with Gasteiger partial charge >= 0.3 is 0 Å². The van der Waals surface area contributed by atoms with Crippen LogP contribution in [0.2, 0.25) is 0 Å². The zero-order chi connectivity index (χ0) is 19.9. The summed E-state index contributed by atoms with van der Waals surface area (Å²) < 4.78 is 16.5. The summed E-state index contributed by atoms with van der Waals surface area (Å²) in [6.07, 6.45) is 1.66. The molecule has 0 spiro atoms. The van der Waals surface area contributed by atoms with Crippen LogP contribution in [-0.2, 0) is 0 Å². The molecule has 1 N–H and O–H groups in total. The minimum absolute atomic E-state index is 0. The number of nitrogens with one attached hydrogen (secondary N) is 1. The summed E-state index contributed by atoms with van der Waals surface area (Å²) in [5.74, 6) is 1.84. The molecule has 2 aromatic carbocycles. The summed E-state index contributed by atoms with van der Waals surface area (Å²) in [6, 6.07) is 13.0. The van der Waals surface area contributed by atoms with Crippen LogP contribution < -0.4 is 19.5 Å². The number of hydrogen-bond acceptors (Lipinski definition) is 5. The number of amides is 1. The molecule has 29 heavy (non-hydrogen) atoms. The maximum absolute atomic E-state index is 13.3. The van der Waals surface area contributed by atoms with Gasteiger partial charge in [0.15, 0.2) is 11.5 Å². The third-order valence-corrected chi connectivity index (χ3v) is 4.77. The largest absolute Gasteiger partial charge is 0.496 e. The Morgan fingerprint density at radius 3 is 2.66 bits per heavy atom. The number of carbonyl (C=O) groups excluding carboxylic acids is 1. The Labute approximate surface area is 177 Å². The number of ether oxygens (including phenoxy) is 3. The normalized spacial score (nSPS) is 15.8. The van der Waals surface area contributed by atoms with Crippen molar-refractivity contribution in [2.45, 2.75) is 6.04 Å². The molecule has 156 valence electrons. The van der Waals surface area contributed by atoms with E-state index in [0.29, 0.717) is 36.8 Å². The van der Waals surface area contributed by atoms with Crippen molar-refractivity contribution >= 4 is 18.3 Å². The summed E-state index contributed by atoms with van der Waals surface area (Å²) in [4.78, 5) is 15.2. The highest BCUT2D eigenvalue weighted by Gasteiger charge is 2.30. The average molecular weight is 419 g/mol. The zero-order valence-electron chi connectivity index (χ0n) is 16.7. The van der Waals surface area contributed by atoms with Crippen molar-refractivity contribution in [1.82, 2.24) is 10.2 Å². The van der Waals surface area contributed by atoms with E-state index < -0.39 is 0 Å². The number of benzene rings is 2. The molecule has 1 unspecified atom stereocenters. The van der Waals surface area contributed by atoms with Crippen LogP contribution in [0.4, 0.5) is 0 Å². The second kappa shape index (κ2) is 10.7. The fourth-order valence-electron chi connectivity index (χ4n) is 3.40. The second-order valence-corrected chi connectivity index (χ2v) is 6.43. The van der Waals surface area contributed by atoms with Gasteiger partial charge in [0.25, 0.3) is 5.91 Å². The minimum atomic E-state index is -0.111. The predicted molar refractivity (Wildman–Crippen MR) is 116 cm³/mol. The van der Waals surface area contributed by atoms with Crippen LogP contribution in [0, 0.1) is 0 Å². The third-order valence-electron chi connectivity index (χ3n) is 4.77. The summed E-state index contributed by atoms with van der Waals surface area (Å²) >= 11 is 0. The zero-order valence-corrected chi connectivity index (χ0v) is 17.5. The lowest BCUT2D eigenvalue weighted by molar-refractivity contribution is 0.0631. The molecule has 0 aromatic heterocycles. The molecule has 0 radical (unpaired) electrons. The number of nitrogens with zero attached hydrogens (tertiary/aromatic N) is 1. The van der Waals surface area contributed by atoms with Crippen molar-refractivity contribution in [3.05, 3.63) is 66.2 Å². The second-order valence-electron chi connectivity index (χ2n) is 6.43. The van der Waals surface area contributed by atoms with Crippen LogP contribution in [0.3, 0.4) is 0 Å². The van der Waals surface area contributed by atoms with Gasteiger partial charge in [-0.2, -0.15) is 0 Å². The number of para-hydroxylation sites is 1. The molecule has 1 heterocycles. The highest BCUT2D eigenvalue weighted by molar-refractivity contribution is 5.95. The molecule has 2 aromatic rings. The van der Waals surface area contributed by atoms with Crippen molar-refractivity contribution in [2.24, 2.45) is 0 Å². The van der Waals surface area contributed by atoms with E-state index in [1.54, 1.807) is 38.5 Å². The van der Waals surface area contributed by atoms with E-state index in [4.69, 9.17) is 14.2 Å². The van der Waals surface area contributed by atoms with Gasteiger partial charge in [0, 0.05) is 30.8 Å². The summed E-state index contributed by atoms with van der Waals surface area (Å²) in [5, 5.41) is 3.37. The van der Waals surface area contributed by atoms with Crippen molar-refractivity contribution in [2.75, 3.05) is 40.5 Å². The topological polar surface area (TPSA) is 60.0 Å². The molecule has 1 atom stereocenters. The smallest absolute Gasteiger partial charge is 0.254 e. The molecule has 1 aliphatic heterocycles. The Morgan fingerprint density at radius 2 is 1.93 bits per heavy atom. The van der Waals surface area contributed by atoms with Crippen molar-refractivity contribution in [3.8, 4) is 17.2 Å². The Kier molecular flexibility index (Phi) is 8.36. The number of hydrogen-bond donors (Lipinski definition) is 1. The first-order chi connectivity index (χ1) is 13.7. The van der Waals surface area contributed by atoms with Crippen molar-refractivity contribution in [1.29, 1.82) is 0 Å². The number of methoxy groups -OCH3 is 2. The number of halogens is 1. The Bertz CT molecular complexity index is 843. The summed E-state index contributed by atoms with van der Waals surface area (Å²) in [6.45, 7) is 6.04. The number of carbonyl (C=O) groups is 1. The van der Waals surface area contributed by atoms with Crippen molar-refractivity contribution < 1.29 is 19.0 Å². The highest BCUT2D eigenvalue weighted by Crippen LogP contribution is 2.33. The van der Waals surface area contributed by atoms with Gasteiger partial charge in [0.2, 0.25) is 0 Å². The molecule has 1 saturated heterocycles. The molecule has 3 rings (SSSR count). The number of rotatable bonds is 7. The Morgan fingerprint density at radius 1 is 1.17 bits per heavy atom. The lowest BCUT2D eigenvalue weighted by Gasteiger charge is -2.37. The van der Waals surface area contributed by atoms with Gasteiger partial charge in [-0.1, -0.05) is 30.9 Å². The number of piperazine rings is 1. The fourth-order valence-corrected chi connectivity index (χ4v) is 3.40. The molecule has 1 fully saturated rings. The van der Waals surface area contributed by atoms with Crippen LogP contribution in [0.25, 0.3) is 0 Å². The van der Waals surface area contributed by atoms with Crippen molar-refractivity contribution in [3.63, 3.8) is 0 Å². The third kappa shape index (κ3) is 5.02. The standard InChI is InChI=1S/C22H26N2O4.ClH/c1-4-13-28-20-10-9-16(14-21(20)27-3)22(25)24-12-11-23-15-18(24)17-7-5-6-8-19(17)26-2;/h4-10,14,18,23H,1,11-13,15H2,2-3H3;1H. The summed E-state index contributed by atoms with van der Waals surface area (Å²) in [7, 11) is 3.21. The van der Waals surface area contributed by atoms with E-state index in [0.717, 1.165) is 17.9 Å². The van der Waals surface area contributed by atoms with E-state index in [-0.39, 0.29) is 24.4 Å². The summed E-state index contributed by atoms with van der Waals surface area (Å²) in [5.41, 5.74) is 1.55. The van der Waals surface area contributed by atoms with Crippen LogP contribution in [-0.4, -0.2) is 51.3 Å². The van der Waals surface area contributed by atoms with Gasteiger partial charge in [0.1, 0.15) is 12.4 Å². The van der Waals surface area contributed by atoms with Crippen LogP contribution in [0.5, 0.6) is 17.2 Å². The first kappa shape index (κ1) is 22.6. The highest BCUT2D eigenvalue weighted by atomic mass is 35.5. The predicted octanol–water partition coefficient (Wildman–Crippen LogP) is 3.48. The maximum atomic E-state index is 13.3. The minimum Gasteiger partial charge on any atom is -0.496 e. The van der Waals surface area contributed by atoms with Gasteiger partial charge in [-0.3, -0.25) is 4.79 Å². The molecular weight excluding hydrogens is 392 g/mol. The van der Waals surface area contributed by atoms with Gasteiger partial charge < -0.3 is 24.4 Å². The van der Waals surface area contributed by atoms with E-state index in [2.05, 4.69) is 11.9 Å². The van der Waals surface area contributed by atoms with Gasteiger partial charge in [0.05, 0.1) is 20.3 Å².